The van der Waals surface area contributed by atoms with Gasteiger partial charge in [-0.15, -0.1) is 5.10 Å². The molecule has 7 nitrogen and oxygen atoms in total. The number of ether oxygens (including phenoxy) is 1. The van der Waals surface area contributed by atoms with E-state index in [1.54, 1.807) is 26.2 Å². The molecule has 1 saturated heterocycles. The van der Waals surface area contributed by atoms with Gasteiger partial charge in [0.05, 0.1) is 18.8 Å². The van der Waals surface area contributed by atoms with Crippen LogP contribution in [-0.2, 0) is 0 Å². The lowest BCUT2D eigenvalue weighted by atomic mass is 10.0. The van der Waals surface area contributed by atoms with E-state index in [1.807, 2.05) is 24.3 Å². The van der Waals surface area contributed by atoms with E-state index in [9.17, 15) is 9.18 Å². The second-order valence-corrected chi connectivity index (χ2v) is 7.58. The summed E-state index contributed by atoms with van der Waals surface area (Å²) in [6.07, 6.45) is 2.28. The van der Waals surface area contributed by atoms with Gasteiger partial charge in [-0.1, -0.05) is 18.2 Å². The molecule has 1 atom stereocenters. The summed E-state index contributed by atoms with van der Waals surface area (Å²) >= 11 is 0. The smallest absolute Gasteiger partial charge is 0.291 e. The number of para-hydroxylation sites is 1. The highest BCUT2D eigenvalue weighted by molar-refractivity contribution is 5.90. The molecule has 0 bridgehead atoms. The van der Waals surface area contributed by atoms with Crippen molar-refractivity contribution in [2.45, 2.75) is 25.8 Å². The van der Waals surface area contributed by atoms with Gasteiger partial charge in [0.2, 0.25) is 5.82 Å². The third-order valence-corrected chi connectivity index (χ3v) is 5.58. The fraction of sp³-hybridized carbons (Fsp3) is 0.348. The van der Waals surface area contributed by atoms with Crippen molar-refractivity contribution < 1.29 is 13.9 Å². The summed E-state index contributed by atoms with van der Waals surface area (Å²) in [4.78, 5) is 19.5. The number of rotatable bonds is 7. The molecular formula is C23H26FN5O2. The zero-order valence-electron chi connectivity index (χ0n) is 17.7. The third kappa shape index (κ3) is 4.59. The molecule has 0 aliphatic carbocycles. The van der Waals surface area contributed by atoms with Gasteiger partial charge in [-0.25, -0.2) is 14.1 Å². The van der Waals surface area contributed by atoms with Crippen molar-refractivity contribution in [3.63, 3.8) is 0 Å². The van der Waals surface area contributed by atoms with Crippen LogP contribution < -0.4 is 10.1 Å². The number of aromatic nitrogens is 3. The van der Waals surface area contributed by atoms with E-state index in [0.29, 0.717) is 18.1 Å². The van der Waals surface area contributed by atoms with E-state index in [2.05, 4.69) is 20.3 Å². The number of hydrogen-bond donors (Lipinski definition) is 1. The van der Waals surface area contributed by atoms with E-state index < -0.39 is 0 Å². The van der Waals surface area contributed by atoms with E-state index in [0.717, 1.165) is 37.2 Å². The topological polar surface area (TPSA) is 72.3 Å². The van der Waals surface area contributed by atoms with Crippen molar-refractivity contribution in [2.75, 3.05) is 26.7 Å². The van der Waals surface area contributed by atoms with Gasteiger partial charge in [-0.3, -0.25) is 9.69 Å². The molecule has 0 radical (unpaired) electrons. The Bertz CT molecular complexity index is 1040. The summed E-state index contributed by atoms with van der Waals surface area (Å²) in [5.41, 5.74) is 1.70. The van der Waals surface area contributed by atoms with Crippen LogP contribution in [0.1, 0.15) is 40.9 Å². The minimum Gasteiger partial charge on any atom is -0.496 e. The van der Waals surface area contributed by atoms with Gasteiger partial charge in [0.15, 0.2) is 0 Å². The molecule has 2 aromatic carbocycles. The average Bonchev–Trinajstić information content (AvgIpc) is 3.45. The van der Waals surface area contributed by atoms with Crippen molar-refractivity contribution in [2.24, 2.45) is 0 Å². The molecule has 1 N–H and O–H groups in total. The number of likely N-dealkylation sites (tertiary alicyclic amines) is 1. The van der Waals surface area contributed by atoms with Crippen LogP contribution in [0.5, 0.6) is 5.75 Å². The van der Waals surface area contributed by atoms with E-state index in [1.165, 1.54) is 16.8 Å². The molecule has 0 spiro atoms. The quantitative estimate of drug-likeness (QED) is 0.631. The number of carbonyl (C=O) groups is 1. The van der Waals surface area contributed by atoms with Crippen LogP contribution >= 0.6 is 0 Å². The van der Waals surface area contributed by atoms with Gasteiger partial charge < -0.3 is 10.1 Å². The molecule has 1 fully saturated rings. The van der Waals surface area contributed by atoms with Crippen molar-refractivity contribution in [3.8, 4) is 11.4 Å². The van der Waals surface area contributed by atoms with Crippen LogP contribution in [0.25, 0.3) is 5.69 Å². The maximum absolute atomic E-state index is 13.2. The number of amides is 1. The number of hydrogen-bond acceptors (Lipinski definition) is 5. The maximum Gasteiger partial charge on any atom is 0.291 e. The zero-order chi connectivity index (χ0) is 21.8. The van der Waals surface area contributed by atoms with Gasteiger partial charge in [0, 0.05) is 12.1 Å². The molecule has 1 amide bonds. The second-order valence-electron chi connectivity index (χ2n) is 7.58. The first kappa shape index (κ1) is 21.0. The van der Waals surface area contributed by atoms with Gasteiger partial charge >= 0.3 is 0 Å². The number of nitrogens with zero attached hydrogens (tertiary/aromatic N) is 4. The Morgan fingerprint density at radius 1 is 1.16 bits per heavy atom. The van der Waals surface area contributed by atoms with Gasteiger partial charge in [0.25, 0.3) is 5.91 Å². The fourth-order valence-corrected chi connectivity index (χ4v) is 4.01. The largest absolute Gasteiger partial charge is 0.496 e. The summed E-state index contributed by atoms with van der Waals surface area (Å²) in [7, 11) is 1.66. The number of aryl methyl sites for hydroxylation is 1. The molecule has 2 heterocycles. The first-order valence-corrected chi connectivity index (χ1v) is 10.4. The van der Waals surface area contributed by atoms with Gasteiger partial charge in [0.1, 0.15) is 17.4 Å². The van der Waals surface area contributed by atoms with Crippen LogP contribution in [-0.4, -0.2) is 52.3 Å². The number of methoxy groups -OCH3 is 1. The minimum atomic E-state index is -0.344. The predicted molar refractivity (Wildman–Crippen MR) is 115 cm³/mol. The predicted octanol–water partition coefficient (Wildman–Crippen LogP) is 3.29. The molecule has 3 aromatic rings. The lowest BCUT2D eigenvalue weighted by molar-refractivity contribution is 0.0927. The summed E-state index contributed by atoms with van der Waals surface area (Å²) in [6.45, 7) is 4.14. The first-order chi connectivity index (χ1) is 15.1. The molecular weight excluding hydrogens is 397 g/mol. The molecule has 8 heteroatoms. The highest BCUT2D eigenvalue weighted by Gasteiger charge is 2.27. The lowest BCUT2D eigenvalue weighted by Gasteiger charge is -2.29. The summed E-state index contributed by atoms with van der Waals surface area (Å²) in [5.74, 6) is 0.773. The molecule has 1 aromatic heterocycles. The van der Waals surface area contributed by atoms with Crippen LogP contribution in [0, 0.1) is 12.7 Å². The molecule has 1 aliphatic heterocycles. The van der Waals surface area contributed by atoms with Gasteiger partial charge in [-0.2, -0.15) is 0 Å². The molecule has 0 saturated carbocycles. The first-order valence-electron chi connectivity index (χ1n) is 10.4. The molecule has 162 valence electrons. The van der Waals surface area contributed by atoms with Crippen LogP contribution in [0.15, 0.2) is 48.5 Å². The number of carbonyl (C=O) groups excluding carboxylic acids is 1. The Labute approximate surface area is 180 Å². The van der Waals surface area contributed by atoms with Gasteiger partial charge in [-0.05, 0) is 63.2 Å². The Balaban J connectivity index is 1.52. The number of nitrogens with one attached hydrogen (secondary N) is 1. The van der Waals surface area contributed by atoms with Crippen molar-refractivity contribution in [1.29, 1.82) is 0 Å². The maximum atomic E-state index is 13.2. The molecule has 4 rings (SSSR count). The van der Waals surface area contributed by atoms with Crippen LogP contribution in [0.2, 0.25) is 0 Å². The Morgan fingerprint density at radius 3 is 2.58 bits per heavy atom. The lowest BCUT2D eigenvalue weighted by Crippen LogP contribution is -2.37. The summed E-state index contributed by atoms with van der Waals surface area (Å²) in [6, 6.07) is 13.8. The molecule has 0 unspecified atom stereocenters. The number of halogens is 1. The minimum absolute atomic E-state index is 0.00267. The summed E-state index contributed by atoms with van der Waals surface area (Å²) < 4.78 is 20.3. The highest BCUT2D eigenvalue weighted by atomic mass is 19.1. The fourth-order valence-electron chi connectivity index (χ4n) is 4.01. The second kappa shape index (κ2) is 9.26. The number of benzene rings is 2. The SMILES string of the molecule is COc1ccccc1[C@@H](CNC(=O)c1nc(C)n(-c2ccc(F)cc2)n1)N1CCCC1. The van der Waals surface area contributed by atoms with E-state index in [4.69, 9.17) is 4.74 Å². The normalized spacial score (nSPS) is 15.1. The average molecular weight is 423 g/mol. The van der Waals surface area contributed by atoms with Crippen molar-refractivity contribution >= 4 is 5.91 Å². The van der Waals surface area contributed by atoms with Crippen molar-refractivity contribution in [1.82, 2.24) is 25.0 Å². The molecule has 31 heavy (non-hydrogen) atoms. The Morgan fingerprint density at radius 2 is 1.87 bits per heavy atom. The monoisotopic (exact) mass is 423 g/mol. The van der Waals surface area contributed by atoms with E-state index in [-0.39, 0.29) is 23.6 Å². The Hall–Kier alpha value is -3.26. The van der Waals surface area contributed by atoms with Crippen LogP contribution in [0.4, 0.5) is 4.39 Å². The Kier molecular flexibility index (Phi) is 6.27. The third-order valence-electron chi connectivity index (χ3n) is 5.58. The standard InChI is InChI=1S/C23H26FN5O2/c1-16-26-22(27-29(16)18-11-9-17(24)10-12-18)23(30)25-15-20(28-13-5-6-14-28)19-7-3-4-8-21(19)31-2/h3-4,7-12,20H,5-6,13-15H2,1-2H3,(H,25,30)/t20-/m1/s1. The summed E-state index contributed by atoms with van der Waals surface area (Å²) in [5, 5.41) is 7.32. The highest BCUT2D eigenvalue weighted by Crippen LogP contribution is 2.31. The van der Waals surface area contributed by atoms with Crippen LogP contribution in [0.3, 0.4) is 0 Å². The van der Waals surface area contributed by atoms with E-state index >= 15 is 0 Å². The van der Waals surface area contributed by atoms with Crippen molar-refractivity contribution in [3.05, 3.63) is 71.6 Å². The zero-order valence-corrected chi connectivity index (χ0v) is 17.7. The molecule has 1 aliphatic rings.